The van der Waals surface area contributed by atoms with Gasteiger partial charge in [-0.3, -0.25) is 19.7 Å². The number of carbonyl (C=O) groups is 2. The second kappa shape index (κ2) is 8.74. The van der Waals surface area contributed by atoms with E-state index in [0.717, 1.165) is 11.1 Å². The molecular weight excluding hydrogens is 378 g/mol. The molecule has 0 aliphatic heterocycles. The molecule has 2 N–H and O–H groups in total. The van der Waals surface area contributed by atoms with Crippen molar-refractivity contribution in [3.8, 4) is 11.4 Å². The summed E-state index contributed by atoms with van der Waals surface area (Å²) in [7, 11) is 0. The Morgan fingerprint density at radius 3 is 2.38 bits per heavy atom. The number of amides is 2. The van der Waals surface area contributed by atoms with Crippen LogP contribution in [0.5, 0.6) is 0 Å². The maximum Gasteiger partial charge on any atom is 0.316 e. The van der Waals surface area contributed by atoms with Crippen molar-refractivity contribution in [1.29, 1.82) is 0 Å². The van der Waals surface area contributed by atoms with Crippen molar-refractivity contribution in [2.24, 2.45) is 0 Å². The predicted molar refractivity (Wildman–Crippen MR) is 102 cm³/mol. The molecule has 1 heterocycles. The normalized spacial score (nSPS) is 10.4. The third-order valence-electron chi connectivity index (χ3n) is 3.97. The number of nitro groups is 1. The van der Waals surface area contributed by atoms with E-state index in [0.29, 0.717) is 5.82 Å². The molecule has 0 unspecified atom stereocenters. The third-order valence-corrected chi connectivity index (χ3v) is 3.97. The van der Waals surface area contributed by atoms with Crippen LogP contribution in [0.3, 0.4) is 0 Å². The monoisotopic (exact) mass is 395 g/mol. The molecular formula is C19H17N5O5. The molecule has 0 spiro atoms. The van der Waals surface area contributed by atoms with E-state index < -0.39 is 16.7 Å². The lowest BCUT2D eigenvalue weighted by atomic mass is 10.1. The summed E-state index contributed by atoms with van der Waals surface area (Å²) in [6, 6.07) is 13.0. The number of nitrogens with zero attached hydrogens (tertiary/aromatic N) is 3. The summed E-state index contributed by atoms with van der Waals surface area (Å²) in [6.07, 6.45) is 0. The Balaban J connectivity index is 1.51. The van der Waals surface area contributed by atoms with Gasteiger partial charge in [0.05, 0.1) is 4.92 Å². The molecule has 2 amide bonds. The number of benzene rings is 2. The van der Waals surface area contributed by atoms with Crippen molar-refractivity contribution in [1.82, 2.24) is 20.8 Å². The van der Waals surface area contributed by atoms with Gasteiger partial charge in [-0.1, -0.05) is 47.1 Å². The van der Waals surface area contributed by atoms with Gasteiger partial charge in [-0.15, -0.1) is 0 Å². The number of para-hydroxylation sites is 1. The average molecular weight is 395 g/mol. The maximum atomic E-state index is 12.1. The number of carbonyl (C=O) groups excluding carboxylic acids is 2. The molecule has 10 heteroatoms. The summed E-state index contributed by atoms with van der Waals surface area (Å²) in [4.78, 5) is 38.6. The van der Waals surface area contributed by atoms with Crippen LogP contribution < -0.4 is 10.6 Å². The molecule has 0 saturated heterocycles. The van der Waals surface area contributed by atoms with Crippen LogP contribution in [0.25, 0.3) is 11.4 Å². The summed E-state index contributed by atoms with van der Waals surface area (Å²) < 4.78 is 4.97. The topological polar surface area (TPSA) is 140 Å². The number of nitro benzene ring substituents is 1. The zero-order valence-corrected chi connectivity index (χ0v) is 15.4. The first kappa shape index (κ1) is 19.7. The van der Waals surface area contributed by atoms with Crippen LogP contribution in [0.1, 0.15) is 26.6 Å². The van der Waals surface area contributed by atoms with Crippen molar-refractivity contribution in [3.63, 3.8) is 0 Å². The van der Waals surface area contributed by atoms with Crippen LogP contribution in [0.15, 0.2) is 53.1 Å². The van der Waals surface area contributed by atoms with E-state index >= 15 is 0 Å². The zero-order chi connectivity index (χ0) is 20.8. The SMILES string of the molecule is Cc1ccc(-c2noc(C(=O)NCCNC(=O)c3ccccc3[N+](=O)[O-])n2)cc1. The number of nitrogens with one attached hydrogen (secondary N) is 2. The van der Waals surface area contributed by atoms with Crippen molar-refractivity contribution >= 4 is 17.5 Å². The van der Waals surface area contributed by atoms with E-state index in [1.165, 1.54) is 24.3 Å². The fourth-order valence-electron chi connectivity index (χ4n) is 2.48. The van der Waals surface area contributed by atoms with Crippen LogP contribution >= 0.6 is 0 Å². The Hall–Kier alpha value is -4.08. The first-order valence-electron chi connectivity index (χ1n) is 8.66. The Kier molecular flexibility index (Phi) is 5.93. The van der Waals surface area contributed by atoms with Gasteiger partial charge < -0.3 is 15.2 Å². The van der Waals surface area contributed by atoms with Gasteiger partial charge in [-0.25, -0.2) is 0 Å². The summed E-state index contributed by atoms with van der Waals surface area (Å²) in [5.41, 5.74) is 1.46. The number of hydrogen-bond acceptors (Lipinski definition) is 7. The Morgan fingerprint density at radius 2 is 1.69 bits per heavy atom. The molecule has 0 saturated carbocycles. The van der Waals surface area contributed by atoms with Crippen LogP contribution in [-0.2, 0) is 0 Å². The Labute approximate surface area is 165 Å². The molecule has 0 fully saturated rings. The first-order chi connectivity index (χ1) is 14.0. The second-order valence-electron chi connectivity index (χ2n) is 6.08. The lowest BCUT2D eigenvalue weighted by molar-refractivity contribution is -0.385. The van der Waals surface area contributed by atoms with E-state index in [9.17, 15) is 19.7 Å². The predicted octanol–water partition coefficient (Wildman–Crippen LogP) is 2.11. The Bertz CT molecular complexity index is 1050. The van der Waals surface area contributed by atoms with E-state index in [-0.39, 0.29) is 30.2 Å². The highest BCUT2D eigenvalue weighted by atomic mass is 16.6. The lowest BCUT2D eigenvalue weighted by Crippen LogP contribution is -2.35. The molecule has 29 heavy (non-hydrogen) atoms. The molecule has 148 valence electrons. The molecule has 0 radical (unpaired) electrons. The van der Waals surface area contributed by atoms with Gasteiger partial charge in [0.1, 0.15) is 5.56 Å². The third kappa shape index (κ3) is 4.80. The molecule has 0 bridgehead atoms. The molecule has 0 aliphatic carbocycles. The quantitative estimate of drug-likeness (QED) is 0.355. The standard InChI is InChI=1S/C19H17N5O5/c1-12-6-8-13(9-7-12)16-22-19(29-23-16)18(26)21-11-10-20-17(25)14-4-2-3-5-15(14)24(27)28/h2-9H,10-11H2,1H3,(H,20,25)(H,21,26). The molecule has 1 aromatic heterocycles. The summed E-state index contributed by atoms with van der Waals surface area (Å²) in [6.45, 7) is 2.09. The largest absolute Gasteiger partial charge is 0.350 e. The highest BCUT2D eigenvalue weighted by Crippen LogP contribution is 2.17. The summed E-state index contributed by atoms with van der Waals surface area (Å²) in [5, 5.41) is 19.8. The number of aryl methyl sites for hydroxylation is 1. The number of rotatable bonds is 7. The minimum Gasteiger partial charge on any atom is -0.350 e. The van der Waals surface area contributed by atoms with Crippen molar-refractivity contribution in [2.75, 3.05) is 13.1 Å². The zero-order valence-electron chi connectivity index (χ0n) is 15.4. The van der Waals surface area contributed by atoms with Crippen LogP contribution in [0.2, 0.25) is 0 Å². The fraction of sp³-hybridized carbons (Fsp3) is 0.158. The van der Waals surface area contributed by atoms with Crippen molar-refractivity contribution in [3.05, 3.63) is 75.7 Å². The van der Waals surface area contributed by atoms with E-state index in [4.69, 9.17) is 4.52 Å². The first-order valence-corrected chi connectivity index (χ1v) is 8.66. The molecule has 10 nitrogen and oxygen atoms in total. The van der Waals surface area contributed by atoms with Gasteiger partial charge in [0.2, 0.25) is 5.82 Å². The van der Waals surface area contributed by atoms with Gasteiger partial charge in [0, 0.05) is 24.7 Å². The molecule has 3 aromatic rings. The minimum absolute atomic E-state index is 0.0523. The molecule has 3 rings (SSSR count). The smallest absolute Gasteiger partial charge is 0.316 e. The number of hydrogen-bond donors (Lipinski definition) is 2. The van der Waals surface area contributed by atoms with Gasteiger partial charge in [0.15, 0.2) is 0 Å². The summed E-state index contributed by atoms with van der Waals surface area (Å²) >= 11 is 0. The van der Waals surface area contributed by atoms with Crippen molar-refractivity contribution in [2.45, 2.75) is 6.92 Å². The van der Waals surface area contributed by atoms with Gasteiger partial charge in [0.25, 0.3) is 11.6 Å². The lowest BCUT2D eigenvalue weighted by Gasteiger charge is -2.06. The summed E-state index contributed by atoms with van der Waals surface area (Å²) in [5.74, 6) is -1.10. The minimum atomic E-state index is -0.627. The van der Waals surface area contributed by atoms with Crippen LogP contribution in [-0.4, -0.2) is 40.0 Å². The van der Waals surface area contributed by atoms with E-state index in [1.807, 2.05) is 31.2 Å². The van der Waals surface area contributed by atoms with Gasteiger partial charge >= 0.3 is 11.8 Å². The number of aromatic nitrogens is 2. The fourth-order valence-corrected chi connectivity index (χ4v) is 2.48. The van der Waals surface area contributed by atoms with Crippen LogP contribution in [0, 0.1) is 17.0 Å². The van der Waals surface area contributed by atoms with Gasteiger partial charge in [-0.05, 0) is 13.0 Å². The average Bonchev–Trinajstić information content (AvgIpc) is 3.21. The molecule has 2 aromatic carbocycles. The van der Waals surface area contributed by atoms with E-state index in [1.54, 1.807) is 0 Å². The molecule has 0 aliphatic rings. The van der Waals surface area contributed by atoms with E-state index in [2.05, 4.69) is 20.8 Å². The highest BCUT2D eigenvalue weighted by Gasteiger charge is 2.19. The molecule has 0 atom stereocenters. The second-order valence-corrected chi connectivity index (χ2v) is 6.08. The Morgan fingerprint density at radius 1 is 1.03 bits per heavy atom. The maximum absolute atomic E-state index is 12.1. The highest BCUT2D eigenvalue weighted by molar-refractivity contribution is 5.98. The van der Waals surface area contributed by atoms with Crippen LogP contribution in [0.4, 0.5) is 5.69 Å². The van der Waals surface area contributed by atoms with Crippen molar-refractivity contribution < 1.29 is 19.0 Å². The van der Waals surface area contributed by atoms with Gasteiger partial charge in [-0.2, -0.15) is 4.98 Å².